The topological polar surface area (TPSA) is 39.1 Å². The molecule has 0 atom stereocenters. The summed E-state index contributed by atoms with van der Waals surface area (Å²) in [5, 5.41) is 4.78. The Kier molecular flexibility index (Phi) is 3.30. The number of pyridine rings is 1. The Labute approximate surface area is 107 Å². The predicted molar refractivity (Wildman–Crippen MR) is 71.2 cm³/mol. The summed E-state index contributed by atoms with van der Waals surface area (Å²) >= 11 is 0. The first-order valence-electron chi connectivity index (χ1n) is 6.62. The lowest BCUT2D eigenvalue weighted by molar-refractivity contribution is 0.0904. The second-order valence-electron chi connectivity index (χ2n) is 4.78. The van der Waals surface area contributed by atoms with Crippen LogP contribution in [0.2, 0.25) is 0 Å². The van der Waals surface area contributed by atoms with E-state index >= 15 is 0 Å². The minimum absolute atomic E-state index is 0.577. The fourth-order valence-electron chi connectivity index (χ4n) is 2.17. The molecule has 18 heavy (non-hydrogen) atoms. The molecule has 0 unspecified atom stereocenters. The minimum Gasteiger partial charge on any atom is -0.361 e. The average Bonchev–Trinajstić information content (AvgIpc) is 3.17. The van der Waals surface area contributed by atoms with Crippen molar-refractivity contribution in [3.63, 3.8) is 0 Å². The molecular weight excluding hydrogens is 226 g/mol. The third kappa shape index (κ3) is 2.40. The fraction of sp³-hybridized carbons (Fsp3) is 0.500. The summed E-state index contributed by atoms with van der Waals surface area (Å²) in [7, 11) is 0. The molecule has 0 bridgehead atoms. The van der Waals surface area contributed by atoms with Gasteiger partial charge in [0.05, 0.1) is 0 Å². The van der Waals surface area contributed by atoms with E-state index < -0.39 is 0 Å². The summed E-state index contributed by atoms with van der Waals surface area (Å²) in [5.74, 6) is 0. The zero-order chi connectivity index (χ0) is 12.4. The Bertz CT molecular complexity index is 531. The van der Waals surface area contributed by atoms with Crippen LogP contribution in [0.15, 0.2) is 24.5 Å². The maximum Gasteiger partial charge on any atom is 0.142 e. The lowest BCUT2D eigenvalue weighted by atomic mass is 10.2. The van der Waals surface area contributed by atoms with E-state index in [1.807, 2.05) is 19.2 Å². The molecule has 2 aromatic rings. The molecule has 3 rings (SSSR count). The van der Waals surface area contributed by atoms with Crippen LogP contribution in [0.1, 0.15) is 25.3 Å². The van der Waals surface area contributed by atoms with Gasteiger partial charge in [-0.2, -0.15) is 0 Å². The highest BCUT2D eigenvalue weighted by atomic mass is 16.5. The first-order chi connectivity index (χ1) is 8.88. The first kappa shape index (κ1) is 11.7. The van der Waals surface area contributed by atoms with Crippen LogP contribution >= 0.6 is 0 Å². The summed E-state index contributed by atoms with van der Waals surface area (Å²) in [4.78, 5) is 4.45. The Balaban J connectivity index is 1.86. The molecule has 0 saturated heterocycles. The Morgan fingerprint density at radius 2 is 2.39 bits per heavy atom. The second-order valence-corrected chi connectivity index (χ2v) is 4.78. The molecule has 0 spiro atoms. The van der Waals surface area contributed by atoms with Crippen LogP contribution in [0, 0.1) is 0 Å². The first-order valence-corrected chi connectivity index (χ1v) is 6.62. The van der Waals surface area contributed by atoms with Gasteiger partial charge in [-0.3, -0.25) is 0 Å². The van der Waals surface area contributed by atoms with Crippen LogP contribution in [0.25, 0.3) is 11.0 Å². The molecule has 0 amide bonds. The molecule has 4 heteroatoms. The molecule has 1 fully saturated rings. The highest BCUT2D eigenvalue weighted by Crippen LogP contribution is 2.23. The number of hydrogen-bond donors (Lipinski definition) is 1. The van der Waals surface area contributed by atoms with Crippen LogP contribution in [0.5, 0.6) is 0 Å². The SMILES string of the molecule is CCOCn1cc(CNC2CC2)c2cccnc21. The van der Waals surface area contributed by atoms with E-state index in [1.165, 1.54) is 23.8 Å². The largest absolute Gasteiger partial charge is 0.361 e. The lowest BCUT2D eigenvalue weighted by Crippen LogP contribution is -2.15. The molecule has 1 saturated carbocycles. The van der Waals surface area contributed by atoms with Gasteiger partial charge in [0.1, 0.15) is 12.4 Å². The monoisotopic (exact) mass is 245 g/mol. The van der Waals surface area contributed by atoms with Crippen molar-refractivity contribution in [2.75, 3.05) is 6.61 Å². The third-order valence-electron chi connectivity index (χ3n) is 3.31. The molecule has 1 aliphatic rings. The predicted octanol–water partition coefficient (Wildman–Crippen LogP) is 2.28. The van der Waals surface area contributed by atoms with E-state index in [0.29, 0.717) is 6.73 Å². The number of aromatic nitrogens is 2. The zero-order valence-electron chi connectivity index (χ0n) is 10.7. The van der Waals surface area contributed by atoms with Gasteiger partial charge in [0.15, 0.2) is 0 Å². The molecule has 0 radical (unpaired) electrons. The summed E-state index contributed by atoms with van der Waals surface area (Å²) in [6, 6.07) is 4.86. The van der Waals surface area contributed by atoms with Gasteiger partial charge in [-0.15, -0.1) is 0 Å². The molecule has 4 nitrogen and oxygen atoms in total. The summed E-state index contributed by atoms with van der Waals surface area (Å²) in [5.41, 5.74) is 2.32. The molecule has 1 N–H and O–H groups in total. The zero-order valence-corrected chi connectivity index (χ0v) is 10.7. The van der Waals surface area contributed by atoms with Crippen LogP contribution < -0.4 is 5.32 Å². The van der Waals surface area contributed by atoms with Crippen molar-refractivity contribution >= 4 is 11.0 Å². The van der Waals surface area contributed by atoms with E-state index in [-0.39, 0.29) is 0 Å². The van der Waals surface area contributed by atoms with Gasteiger partial charge in [-0.05, 0) is 37.5 Å². The Morgan fingerprint density at radius 3 is 3.17 bits per heavy atom. The van der Waals surface area contributed by atoms with Crippen LogP contribution in [0.3, 0.4) is 0 Å². The number of ether oxygens (including phenoxy) is 1. The van der Waals surface area contributed by atoms with Gasteiger partial charge < -0.3 is 14.6 Å². The van der Waals surface area contributed by atoms with Gasteiger partial charge in [0.25, 0.3) is 0 Å². The number of hydrogen-bond acceptors (Lipinski definition) is 3. The number of rotatable bonds is 6. The standard InChI is InChI=1S/C14H19N3O/c1-2-18-10-17-9-11(8-16-12-5-6-12)13-4-3-7-15-14(13)17/h3-4,7,9,12,16H,2,5-6,8,10H2,1H3. The molecule has 2 aromatic heterocycles. The molecule has 0 aliphatic heterocycles. The second kappa shape index (κ2) is 5.08. The Hall–Kier alpha value is -1.39. The van der Waals surface area contributed by atoms with Crippen molar-refractivity contribution < 1.29 is 4.74 Å². The minimum atomic E-state index is 0.577. The van der Waals surface area contributed by atoms with Crippen molar-refractivity contribution in [2.24, 2.45) is 0 Å². The third-order valence-corrected chi connectivity index (χ3v) is 3.31. The maximum absolute atomic E-state index is 5.48. The van der Waals surface area contributed by atoms with Crippen LogP contribution in [0.4, 0.5) is 0 Å². The van der Waals surface area contributed by atoms with E-state index in [4.69, 9.17) is 4.74 Å². The number of nitrogens with one attached hydrogen (secondary N) is 1. The maximum atomic E-state index is 5.48. The number of fused-ring (bicyclic) bond motifs is 1. The molecule has 2 heterocycles. The molecule has 0 aromatic carbocycles. The number of nitrogens with zero attached hydrogens (tertiary/aromatic N) is 2. The molecule has 1 aliphatic carbocycles. The van der Waals surface area contributed by atoms with Crippen molar-refractivity contribution in [1.82, 2.24) is 14.9 Å². The van der Waals surface area contributed by atoms with E-state index in [1.54, 1.807) is 0 Å². The molecule has 96 valence electrons. The average molecular weight is 245 g/mol. The van der Waals surface area contributed by atoms with E-state index in [2.05, 4.69) is 27.1 Å². The van der Waals surface area contributed by atoms with Gasteiger partial charge in [-0.25, -0.2) is 4.98 Å². The van der Waals surface area contributed by atoms with Crippen molar-refractivity contribution in [3.8, 4) is 0 Å². The van der Waals surface area contributed by atoms with Gasteiger partial charge in [0, 0.05) is 37.0 Å². The van der Waals surface area contributed by atoms with E-state index in [9.17, 15) is 0 Å². The molecular formula is C14H19N3O. The smallest absolute Gasteiger partial charge is 0.142 e. The van der Waals surface area contributed by atoms with Crippen molar-refractivity contribution in [2.45, 2.75) is 39.1 Å². The summed E-state index contributed by atoms with van der Waals surface area (Å²) in [6.07, 6.45) is 6.62. The highest BCUT2D eigenvalue weighted by Gasteiger charge is 2.20. The van der Waals surface area contributed by atoms with Crippen LogP contribution in [-0.4, -0.2) is 22.2 Å². The Morgan fingerprint density at radius 1 is 1.50 bits per heavy atom. The van der Waals surface area contributed by atoms with Gasteiger partial charge in [-0.1, -0.05) is 0 Å². The highest BCUT2D eigenvalue weighted by molar-refractivity contribution is 5.80. The van der Waals surface area contributed by atoms with Gasteiger partial charge >= 0.3 is 0 Å². The van der Waals surface area contributed by atoms with Crippen molar-refractivity contribution in [3.05, 3.63) is 30.1 Å². The van der Waals surface area contributed by atoms with E-state index in [0.717, 1.165) is 24.8 Å². The van der Waals surface area contributed by atoms with Crippen molar-refractivity contribution in [1.29, 1.82) is 0 Å². The lowest BCUT2D eigenvalue weighted by Gasteiger charge is -2.03. The van der Waals surface area contributed by atoms with Crippen LogP contribution in [-0.2, 0) is 18.0 Å². The quantitative estimate of drug-likeness (QED) is 0.848. The summed E-state index contributed by atoms with van der Waals surface area (Å²) in [6.45, 7) is 4.23. The van der Waals surface area contributed by atoms with Gasteiger partial charge in [0.2, 0.25) is 0 Å². The fourth-order valence-corrected chi connectivity index (χ4v) is 2.17. The normalized spacial score (nSPS) is 15.4. The summed E-state index contributed by atoms with van der Waals surface area (Å²) < 4.78 is 7.57.